The summed E-state index contributed by atoms with van der Waals surface area (Å²) in [5, 5.41) is 3.58. The largest absolute Gasteiger partial charge is 0.310 e. The molecule has 0 saturated heterocycles. The molecule has 1 atom stereocenters. The maximum atomic E-state index is 4.59. The van der Waals surface area contributed by atoms with Crippen LogP contribution in [0.15, 0.2) is 36.4 Å². The molecule has 0 aliphatic heterocycles. The first-order chi connectivity index (χ1) is 9.60. The van der Waals surface area contributed by atoms with Crippen molar-refractivity contribution in [2.75, 3.05) is 6.54 Å². The maximum absolute atomic E-state index is 4.59. The Balaban J connectivity index is 2.24. The van der Waals surface area contributed by atoms with Crippen LogP contribution in [-0.4, -0.2) is 11.5 Å². The third-order valence-electron chi connectivity index (χ3n) is 3.65. The monoisotopic (exact) mass is 268 g/mol. The Hall–Kier alpha value is -1.67. The van der Waals surface area contributed by atoms with Gasteiger partial charge in [-0.25, -0.2) is 0 Å². The number of benzene rings is 1. The first-order valence-corrected chi connectivity index (χ1v) is 7.33. The fourth-order valence-electron chi connectivity index (χ4n) is 2.56. The molecule has 1 aromatic carbocycles. The number of aryl methyl sites for hydroxylation is 3. The van der Waals surface area contributed by atoms with Crippen LogP contribution in [0.4, 0.5) is 0 Å². The van der Waals surface area contributed by atoms with Crippen molar-refractivity contribution in [2.24, 2.45) is 0 Å². The molecular weight excluding hydrogens is 244 g/mol. The lowest BCUT2D eigenvalue weighted by Gasteiger charge is -2.20. The van der Waals surface area contributed by atoms with E-state index in [-0.39, 0.29) is 0 Å². The molecule has 0 amide bonds. The van der Waals surface area contributed by atoms with E-state index < -0.39 is 0 Å². The molecule has 106 valence electrons. The molecule has 2 aromatic rings. The van der Waals surface area contributed by atoms with Gasteiger partial charge in [0.15, 0.2) is 0 Å². The normalized spacial score (nSPS) is 12.4. The van der Waals surface area contributed by atoms with Crippen molar-refractivity contribution in [1.29, 1.82) is 0 Å². The van der Waals surface area contributed by atoms with E-state index in [1.807, 2.05) is 6.92 Å². The Morgan fingerprint density at radius 3 is 2.30 bits per heavy atom. The molecular formula is C18H24N2. The molecule has 2 heteroatoms. The Labute approximate surface area is 122 Å². The van der Waals surface area contributed by atoms with Crippen LogP contribution in [0.1, 0.15) is 41.0 Å². The van der Waals surface area contributed by atoms with Crippen LogP contribution < -0.4 is 5.32 Å². The van der Waals surface area contributed by atoms with Crippen LogP contribution in [0, 0.1) is 20.8 Å². The molecule has 1 aromatic heterocycles. The first kappa shape index (κ1) is 14.7. The summed E-state index contributed by atoms with van der Waals surface area (Å²) in [6.45, 7) is 9.38. The van der Waals surface area contributed by atoms with Gasteiger partial charge in [-0.1, -0.05) is 42.8 Å². The highest BCUT2D eigenvalue weighted by Gasteiger charge is 2.14. The first-order valence-electron chi connectivity index (χ1n) is 7.33. The highest BCUT2D eigenvalue weighted by atomic mass is 14.9. The Morgan fingerprint density at radius 2 is 1.70 bits per heavy atom. The molecule has 2 rings (SSSR count). The van der Waals surface area contributed by atoms with Crippen LogP contribution in [0.5, 0.6) is 0 Å². The molecule has 1 unspecified atom stereocenters. The number of hydrogen-bond acceptors (Lipinski definition) is 2. The number of aromatic nitrogens is 1. The summed E-state index contributed by atoms with van der Waals surface area (Å²) in [5.41, 5.74) is 6.18. The molecule has 0 aliphatic carbocycles. The van der Waals surface area contributed by atoms with Crippen molar-refractivity contribution < 1.29 is 0 Å². The summed E-state index contributed by atoms with van der Waals surface area (Å²) in [6, 6.07) is 13.4. The van der Waals surface area contributed by atoms with E-state index in [4.69, 9.17) is 0 Å². The summed E-state index contributed by atoms with van der Waals surface area (Å²) in [6.07, 6.45) is 1.000. The van der Waals surface area contributed by atoms with E-state index in [0.717, 1.165) is 24.4 Å². The summed E-state index contributed by atoms with van der Waals surface area (Å²) < 4.78 is 0. The summed E-state index contributed by atoms with van der Waals surface area (Å²) in [5.74, 6) is 0. The minimum atomic E-state index is 0.329. The predicted molar refractivity (Wildman–Crippen MR) is 85.0 cm³/mol. The number of hydrogen-bond donors (Lipinski definition) is 1. The zero-order valence-corrected chi connectivity index (χ0v) is 12.9. The van der Waals surface area contributed by atoms with E-state index in [2.05, 4.69) is 67.5 Å². The maximum Gasteiger partial charge on any atom is 0.0423 e. The fraction of sp³-hybridized carbons (Fsp3) is 0.389. The number of rotatable bonds is 5. The van der Waals surface area contributed by atoms with Gasteiger partial charge in [-0.05, 0) is 50.9 Å². The number of pyridine rings is 1. The Morgan fingerprint density at radius 1 is 1.00 bits per heavy atom. The highest BCUT2D eigenvalue weighted by molar-refractivity contribution is 5.29. The minimum Gasteiger partial charge on any atom is -0.310 e. The van der Waals surface area contributed by atoms with Crippen LogP contribution in [-0.2, 0) is 6.42 Å². The van der Waals surface area contributed by atoms with E-state index in [0.29, 0.717) is 6.04 Å². The molecule has 0 spiro atoms. The lowest BCUT2D eigenvalue weighted by Crippen LogP contribution is -2.24. The van der Waals surface area contributed by atoms with Gasteiger partial charge < -0.3 is 5.32 Å². The molecule has 0 bridgehead atoms. The van der Waals surface area contributed by atoms with Crippen LogP contribution in [0.25, 0.3) is 0 Å². The minimum absolute atomic E-state index is 0.329. The van der Waals surface area contributed by atoms with Gasteiger partial charge in [0, 0.05) is 17.4 Å². The van der Waals surface area contributed by atoms with Crippen LogP contribution in [0.3, 0.4) is 0 Å². The van der Waals surface area contributed by atoms with Gasteiger partial charge in [0.1, 0.15) is 0 Å². The van der Waals surface area contributed by atoms with Gasteiger partial charge in [0.05, 0.1) is 0 Å². The molecule has 2 nitrogen and oxygen atoms in total. The lowest BCUT2D eigenvalue weighted by atomic mass is 9.97. The lowest BCUT2D eigenvalue weighted by molar-refractivity contribution is 0.545. The van der Waals surface area contributed by atoms with E-state index in [1.165, 1.54) is 16.7 Å². The molecule has 1 N–H and O–H groups in total. The topological polar surface area (TPSA) is 24.9 Å². The third-order valence-corrected chi connectivity index (χ3v) is 3.65. The molecule has 1 heterocycles. The Bertz CT molecular complexity index is 558. The van der Waals surface area contributed by atoms with Crippen molar-refractivity contribution in [1.82, 2.24) is 10.3 Å². The van der Waals surface area contributed by atoms with Gasteiger partial charge in [-0.2, -0.15) is 0 Å². The van der Waals surface area contributed by atoms with Gasteiger partial charge in [0.2, 0.25) is 0 Å². The van der Waals surface area contributed by atoms with Crippen molar-refractivity contribution in [3.8, 4) is 0 Å². The van der Waals surface area contributed by atoms with E-state index in [9.17, 15) is 0 Å². The number of nitrogens with zero attached hydrogens (tertiary/aromatic N) is 1. The zero-order valence-electron chi connectivity index (χ0n) is 12.9. The summed E-state index contributed by atoms with van der Waals surface area (Å²) in [4.78, 5) is 4.59. The highest BCUT2D eigenvalue weighted by Crippen LogP contribution is 2.21. The molecule has 0 fully saturated rings. The number of nitrogens with one attached hydrogen (secondary N) is 1. The average Bonchev–Trinajstić information content (AvgIpc) is 2.41. The van der Waals surface area contributed by atoms with Crippen molar-refractivity contribution in [3.05, 3.63) is 64.5 Å². The smallest absolute Gasteiger partial charge is 0.0423 e. The van der Waals surface area contributed by atoms with Crippen molar-refractivity contribution >= 4 is 0 Å². The summed E-state index contributed by atoms with van der Waals surface area (Å²) >= 11 is 0. The quantitative estimate of drug-likeness (QED) is 0.889. The van der Waals surface area contributed by atoms with Crippen molar-refractivity contribution in [3.63, 3.8) is 0 Å². The molecule has 0 radical (unpaired) electrons. The van der Waals surface area contributed by atoms with Crippen LogP contribution in [0.2, 0.25) is 0 Å². The van der Waals surface area contributed by atoms with E-state index >= 15 is 0 Å². The zero-order chi connectivity index (χ0) is 14.5. The second-order valence-corrected chi connectivity index (χ2v) is 5.43. The standard InChI is InChI=1S/C18H24N2/c1-5-19-18(12-16-9-6-13(2)7-10-16)17-11-8-14(3)20-15(17)4/h6-11,18-19H,5,12H2,1-4H3. The Kier molecular flexibility index (Phi) is 4.91. The van der Waals surface area contributed by atoms with Gasteiger partial charge in [0.25, 0.3) is 0 Å². The van der Waals surface area contributed by atoms with E-state index in [1.54, 1.807) is 0 Å². The SMILES string of the molecule is CCNC(Cc1ccc(C)cc1)c1ccc(C)nc1C. The molecule has 0 aliphatic rings. The average molecular weight is 268 g/mol. The third kappa shape index (κ3) is 3.67. The molecule has 0 saturated carbocycles. The van der Waals surface area contributed by atoms with Gasteiger partial charge in [-0.15, -0.1) is 0 Å². The fourth-order valence-corrected chi connectivity index (χ4v) is 2.56. The van der Waals surface area contributed by atoms with Gasteiger partial charge in [-0.3, -0.25) is 4.98 Å². The van der Waals surface area contributed by atoms with Crippen molar-refractivity contribution in [2.45, 2.75) is 40.2 Å². The van der Waals surface area contributed by atoms with Gasteiger partial charge >= 0.3 is 0 Å². The number of likely N-dealkylation sites (N-methyl/N-ethyl adjacent to an activating group) is 1. The summed E-state index contributed by atoms with van der Waals surface area (Å²) in [7, 11) is 0. The predicted octanol–water partition coefficient (Wildman–Crippen LogP) is 3.90. The second kappa shape index (κ2) is 6.67. The van der Waals surface area contributed by atoms with Crippen LogP contribution >= 0.6 is 0 Å². The molecule has 20 heavy (non-hydrogen) atoms. The second-order valence-electron chi connectivity index (χ2n) is 5.43.